The fraction of sp³-hybridized carbons (Fsp3) is 0.625. The largest absolute Gasteiger partial charge is 0.356 e. The lowest BCUT2D eigenvalue weighted by Crippen LogP contribution is -2.25. The number of carbonyl (C=O) groups is 2. The molecular formula is C8H11N3O2. The molecule has 1 N–H and O–H groups in total. The van der Waals surface area contributed by atoms with Gasteiger partial charge in [0.15, 0.2) is 0 Å². The van der Waals surface area contributed by atoms with Crippen molar-refractivity contribution in [2.75, 3.05) is 13.1 Å². The Morgan fingerprint density at radius 2 is 2.38 bits per heavy atom. The second-order valence-corrected chi connectivity index (χ2v) is 2.92. The summed E-state index contributed by atoms with van der Waals surface area (Å²) >= 11 is 0. The quantitative estimate of drug-likeness (QED) is 0.582. The molecule has 0 aromatic rings. The molecule has 0 spiro atoms. The number of rotatable bonds is 3. The maximum Gasteiger partial charge on any atom is 0.225 e. The van der Waals surface area contributed by atoms with Crippen LogP contribution in [0.1, 0.15) is 13.3 Å². The molecule has 5 nitrogen and oxygen atoms in total. The predicted octanol–water partition coefficient (Wildman–Crippen LogP) is -0.753. The molecule has 2 amide bonds. The molecule has 1 saturated heterocycles. The number of hydrogen-bond acceptors (Lipinski definition) is 3. The second kappa shape index (κ2) is 3.90. The first-order chi connectivity index (χ1) is 6.15. The lowest BCUT2D eigenvalue weighted by atomic mass is 10.4. The smallest absolute Gasteiger partial charge is 0.225 e. The Morgan fingerprint density at radius 1 is 1.69 bits per heavy atom. The van der Waals surface area contributed by atoms with E-state index in [0.717, 1.165) is 0 Å². The van der Waals surface area contributed by atoms with Crippen LogP contribution in [0, 0.1) is 11.3 Å². The first-order valence-corrected chi connectivity index (χ1v) is 4.08. The van der Waals surface area contributed by atoms with Gasteiger partial charge in [-0.1, -0.05) is 0 Å². The Bertz CT molecular complexity index is 269. The Morgan fingerprint density at radius 3 is 2.85 bits per heavy atom. The van der Waals surface area contributed by atoms with Gasteiger partial charge in [-0.2, -0.15) is 5.26 Å². The van der Waals surface area contributed by atoms with E-state index < -0.39 is 0 Å². The van der Waals surface area contributed by atoms with Gasteiger partial charge in [0.2, 0.25) is 11.8 Å². The van der Waals surface area contributed by atoms with E-state index in [1.54, 1.807) is 0 Å². The van der Waals surface area contributed by atoms with Crippen molar-refractivity contribution in [2.24, 2.45) is 0 Å². The maximum absolute atomic E-state index is 11.2. The van der Waals surface area contributed by atoms with Crippen molar-refractivity contribution in [2.45, 2.75) is 19.4 Å². The third kappa shape index (κ3) is 2.75. The summed E-state index contributed by atoms with van der Waals surface area (Å²) in [6.45, 7) is 2.29. The molecule has 0 aliphatic carbocycles. The fourth-order valence-corrected chi connectivity index (χ4v) is 1.01. The Hall–Kier alpha value is -1.57. The summed E-state index contributed by atoms with van der Waals surface area (Å²) in [6.07, 6.45) is 0.276. The average molecular weight is 181 g/mol. The van der Waals surface area contributed by atoms with E-state index in [0.29, 0.717) is 13.1 Å². The molecule has 0 bridgehead atoms. The molecule has 0 saturated carbocycles. The summed E-state index contributed by atoms with van der Waals surface area (Å²) in [7, 11) is 0. The van der Waals surface area contributed by atoms with E-state index in [4.69, 9.17) is 5.26 Å². The molecule has 5 heteroatoms. The number of nitrogens with one attached hydrogen (secondary N) is 1. The Labute approximate surface area is 76.3 Å². The van der Waals surface area contributed by atoms with Crippen LogP contribution in [0.2, 0.25) is 0 Å². The molecule has 0 aromatic carbocycles. The van der Waals surface area contributed by atoms with E-state index in [1.807, 2.05) is 6.07 Å². The van der Waals surface area contributed by atoms with E-state index in [2.05, 4.69) is 5.32 Å². The van der Waals surface area contributed by atoms with Crippen LogP contribution in [-0.2, 0) is 9.59 Å². The highest BCUT2D eigenvalue weighted by Gasteiger charge is 2.37. The lowest BCUT2D eigenvalue weighted by Gasteiger charge is -2.01. The number of hydrogen-bond donors (Lipinski definition) is 1. The summed E-state index contributed by atoms with van der Waals surface area (Å²) in [4.78, 5) is 23.1. The topological polar surface area (TPSA) is 73.0 Å². The third-order valence-corrected chi connectivity index (χ3v) is 1.79. The minimum absolute atomic E-state index is 0.0692. The normalized spacial score (nSPS) is 19.1. The summed E-state index contributed by atoms with van der Waals surface area (Å²) in [6, 6.07) is 1.76. The monoisotopic (exact) mass is 181 g/mol. The zero-order chi connectivity index (χ0) is 9.84. The second-order valence-electron chi connectivity index (χ2n) is 2.92. The van der Waals surface area contributed by atoms with E-state index >= 15 is 0 Å². The number of nitrogens with zero attached hydrogens (tertiary/aromatic N) is 2. The van der Waals surface area contributed by atoms with Crippen LogP contribution < -0.4 is 5.32 Å². The zero-order valence-electron chi connectivity index (χ0n) is 7.41. The zero-order valence-corrected chi connectivity index (χ0v) is 7.41. The van der Waals surface area contributed by atoms with Crippen molar-refractivity contribution < 1.29 is 9.59 Å². The first kappa shape index (κ1) is 9.52. The molecule has 1 atom stereocenters. The minimum atomic E-state index is -0.232. The van der Waals surface area contributed by atoms with Crippen molar-refractivity contribution in [3.05, 3.63) is 0 Å². The van der Waals surface area contributed by atoms with Gasteiger partial charge in [-0.05, 0) is 0 Å². The van der Waals surface area contributed by atoms with Crippen molar-refractivity contribution in [1.29, 1.82) is 5.26 Å². The van der Waals surface area contributed by atoms with Crippen molar-refractivity contribution >= 4 is 11.8 Å². The first-order valence-electron chi connectivity index (χ1n) is 4.08. The van der Waals surface area contributed by atoms with Gasteiger partial charge in [0.25, 0.3) is 0 Å². The molecular weight excluding hydrogens is 170 g/mol. The molecule has 1 aliphatic heterocycles. The summed E-state index contributed by atoms with van der Waals surface area (Å²) in [5.74, 6) is -0.212. The fourth-order valence-electron chi connectivity index (χ4n) is 1.01. The van der Waals surface area contributed by atoms with E-state index in [1.165, 1.54) is 11.8 Å². The molecule has 1 rings (SSSR count). The van der Waals surface area contributed by atoms with Crippen LogP contribution in [0.4, 0.5) is 0 Å². The molecule has 70 valence electrons. The molecule has 1 aliphatic rings. The number of amides is 2. The number of carbonyl (C=O) groups excluding carboxylic acids is 2. The molecule has 1 unspecified atom stereocenters. The van der Waals surface area contributed by atoms with Crippen molar-refractivity contribution in [3.63, 3.8) is 0 Å². The molecule has 1 fully saturated rings. The standard InChI is InChI=1S/C8H11N3O2/c1-6(12)10-3-2-8(13)11-5-7(11)4-9/h7H,2-3,5H2,1H3,(H,10,12). The van der Waals surface area contributed by atoms with E-state index in [9.17, 15) is 9.59 Å². The van der Waals surface area contributed by atoms with Crippen LogP contribution in [-0.4, -0.2) is 35.8 Å². The highest BCUT2D eigenvalue weighted by molar-refractivity contribution is 5.80. The van der Waals surface area contributed by atoms with Crippen LogP contribution >= 0.6 is 0 Å². The third-order valence-electron chi connectivity index (χ3n) is 1.79. The van der Waals surface area contributed by atoms with Gasteiger partial charge in [0.1, 0.15) is 6.04 Å². The maximum atomic E-state index is 11.2. The highest BCUT2D eigenvalue weighted by Crippen LogP contribution is 2.16. The van der Waals surface area contributed by atoms with Crippen LogP contribution in [0.5, 0.6) is 0 Å². The predicted molar refractivity (Wildman–Crippen MR) is 44.4 cm³/mol. The minimum Gasteiger partial charge on any atom is -0.356 e. The van der Waals surface area contributed by atoms with Crippen molar-refractivity contribution in [3.8, 4) is 6.07 Å². The van der Waals surface area contributed by atoms with Crippen LogP contribution in [0.3, 0.4) is 0 Å². The van der Waals surface area contributed by atoms with E-state index in [-0.39, 0.29) is 24.3 Å². The lowest BCUT2D eigenvalue weighted by molar-refractivity contribution is -0.126. The van der Waals surface area contributed by atoms with Gasteiger partial charge in [-0.3, -0.25) is 9.59 Å². The SMILES string of the molecule is CC(=O)NCCC(=O)N1CC1C#N. The summed E-state index contributed by atoms with van der Waals surface area (Å²) < 4.78 is 0. The summed E-state index contributed by atoms with van der Waals surface area (Å²) in [5.41, 5.74) is 0. The molecule has 0 radical (unpaired) electrons. The van der Waals surface area contributed by atoms with Gasteiger partial charge in [-0.25, -0.2) is 0 Å². The van der Waals surface area contributed by atoms with Gasteiger partial charge in [0.05, 0.1) is 12.6 Å². The number of nitriles is 1. The molecule has 0 aromatic heterocycles. The van der Waals surface area contributed by atoms with Gasteiger partial charge >= 0.3 is 0 Å². The van der Waals surface area contributed by atoms with Crippen LogP contribution in [0.25, 0.3) is 0 Å². The summed E-state index contributed by atoms with van der Waals surface area (Å²) in [5, 5.41) is 10.9. The van der Waals surface area contributed by atoms with Crippen molar-refractivity contribution in [1.82, 2.24) is 10.2 Å². The molecule has 1 heterocycles. The van der Waals surface area contributed by atoms with Gasteiger partial charge in [-0.15, -0.1) is 0 Å². The van der Waals surface area contributed by atoms with Crippen LogP contribution in [0.15, 0.2) is 0 Å². The highest BCUT2D eigenvalue weighted by atomic mass is 16.2. The Balaban J connectivity index is 2.14. The van der Waals surface area contributed by atoms with Gasteiger partial charge < -0.3 is 10.2 Å². The average Bonchev–Trinajstić information content (AvgIpc) is 2.81. The molecule has 13 heavy (non-hydrogen) atoms. The Kier molecular flexibility index (Phi) is 2.85. The van der Waals surface area contributed by atoms with Gasteiger partial charge in [0, 0.05) is 19.9 Å².